The number of rotatable bonds is 9. The Morgan fingerprint density at radius 3 is 2.47 bits per heavy atom. The molecule has 0 unspecified atom stereocenters. The highest BCUT2D eigenvalue weighted by atomic mass is 32.2. The number of carbonyl (C=O) groups is 2. The molecule has 0 saturated heterocycles. The van der Waals surface area contributed by atoms with E-state index in [1.165, 1.54) is 0 Å². The SMILES string of the molecule is CCNC(=O)COc1ccc(NC(=O)c2ccc(CSc3nc(C)cs3)cc2)cc1. The van der Waals surface area contributed by atoms with Crippen molar-refractivity contribution in [2.75, 3.05) is 18.5 Å². The van der Waals surface area contributed by atoms with Gasteiger partial charge in [0.2, 0.25) is 0 Å². The van der Waals surface area contributed by atoms with Crippen LogP contribution in [0.15, 0.2) is 58.3 Å². The Morgan fingerprint density at radius 2 is 1.83 bits per heavy atom. The minimum Gasteiger partial charge on any atom is -0.484 e. The first-order valence-corrected chi connectivity index (χ1v) is 11.3. The van der Waals surface area contributed by atoms with Gasteiger partial charge in [-0.25, -0.2) is 4.98 Å². The molecule has 6 nitrogen and oxygen atoms in total. The summed E-state index contributed by atoms with van der Waals surface area (Å²) in [7, 11) is 0. The van der Waals surface area contributed by atoms with Crippen LogP contribution in [0, 0.1) is 6.92 Å². The Balaban J connectivity index is 1.49. The molecule has 3 rings (SSSR count). The third-order valence-electron chi connectivity index (χ3n) is 4.03. The van der Waals surface area contributed by atoms with Crippen LogP contribution in [-0.4, -0.2) is 29.9 Å². The topological polar surface area (TPSA) is 80.3 Å². The number of carbonyl (C=O) groups excluding carboxylic acids is 2. The first-order chi connectivity index (χ1) is 14.5. The average Bonchev–Trinajstić information content (AvgIpc) is 3.17. The van der Waals surface area contributed by atoms with Gasteiger partial charge >= 0.3 is 0 Å². The summed E-state index contributed by atoms with van der Waals surface area (Å²) < 4.78 is 6.45. The lowest BCUT2D eigenvalue weighted by Gasteiger charge is -2.09. The van der Waals surface area contributed by atoms with Crippen molar-refractivity contribution in [1.29, 1.82) is 0 Å². The summed E-state index contributed by atoms with van der Waals surface area (Å²) in [5.74, 6) is 1.03. The van der Waals surface area contributed by atoms with Crippen molar-refractivity contribution in [2.45, 2.75) is 23.9 Å². The molecule has 1 aromatic heterocycles. The number of anilines is 1. The van der Waals surface area contributed by atoms with E-state index in [0.29, 0.717) is 23.5 Å². The van der Waals surface area contributed by atoms with Crippen LogP contribution >= 0.6 is 23.1 Å². The Labute approximate surface area is 184 Å². The molecule has 0 radical (unpaired) electrons. The zero-order valence-electron chi connectivity index (χ0n) is 16.8. The van der Waals surface area contributed by atoms with E-state index in [1.807, 2.05) is 43.5 Å². The van der Waals surface area contributed by atoms with Gasteiger partial charge in [-0.1, -0.05) is 23.9 Å². The average molecular weight is 442 g/mol. The predicted octanol–water partition coefficient (Wildman–Crippen LogP) is 4.51. The van der Waals surface area contributed by atoms with Crippen LogP contribution in [0.2, 0.25) is 0 Å². The summed E-state index contributed by atoms with van der Waals surface area (Å²) in [6.45, 7) is 4.37. The number of amides is 2. The van der Waals surface area contributed by atoms with Crippen molar-refractivity contribution in [3.8, 4) is 5.75 Å². The van der Waals surface area contributed by atoms with Gasteiger partial charge in [0.05, 0.1) is 0 Å². The fourth-order valence-corrected chi connectivity index (χ4v) is 4.34. The molecule has 0 fully saturated rings. The van der Waals surface area contributed by atoms with Gasteiger partial charge in [-0.2, -0.15) is 0 Å². The monoisotopic (exact) mass is 441 g/mol. The lowest BCUT2D eigenvalue weighted by atomic mass is 10.1. The first-order valence-electron chi connectivity index (χ1n) is 9.48. The van der Waals surface area contributed by atoms with E-state index in [1.54, 1.807) is 47.4 Å². The van der Waals surface area contributed by atoms with Gasteiger partial charge in [-0.15, -0.1) is 11.3 Å². The van der Waals surface area contributed by atoms with Crippen molar-refractivity contribution in [3.05, 3.63) is 70.7 Å². The van der Waals surface area contributed by atoms with Crippen LogP contribution in [0.1, 0.15) is 28.5 Å². The molecule has 0 atom stereocenters. The number of hydrogen-bond donors (Lipinski definition) is 2. The molecule has 0 aliphatic rings. The lowest BCUT2D eigenvalue weighted by molar-refractivity contribution is -0.122. The zero-order valence-corrected chi connectivity index (χ0v) is 18.4. The van der Waals surface area contributed by atoms with E-state index in [4.69, 9.17) is 4.74 Å². The third-order valence-corrected chi connectivity index (χ3v) is 6.24. The van der Waals surface area contributed by atoms with Crippen LogP contribution in [0.3, 0.4) is 0 Å². The van der Waals surface area contributed by atoms with Crippen molar-refractivity contribution < 1.29 is 14.3 Å². The number of thioether (sulfide) groups is 1. The van der Waals surface area contributed by atoms with Crippen molar-refractivity contribution in [2.24, 2.45) is 0 Å². The molecule has 3 aromatic rings. The summed E-state index contributed by atoms with van der Waals surface area (Å²) in [5, 5.41) is 7.57. The van der Waals surface area contributed by atoms with Crippen molar-refractivity contribution in [3.63, 3.8) is 0 Å². The Hall–Kier alpha value is -2.84. The Morgan fingerprint density at radius 1 is 1.10 bits per heavy atom. The highest BCUT2D eigenvalue weighted by Crippen LogP contribution is 2.26. The third kappa shape index (κ3) is 6.60. The summed E-state index contributed by atoms with van der Waals surface area (Å²) in [6.07, 6.45) is 0. The van der Waals surface area contributed by atoms with Gasteiger partial charge in [0, 0.05) is 34.6 Å². The highest BCUT2D eigenvalue weighted by Gasteiger charge is 2.08. The number of likely N-dealkylation sites (N-methyl/N-ethyl adjacent to an activating group) is 1. The number of aryl methyl sites for hydroxylation is 1. The normalized spacial score (nSPS) is 10.5. The smallest absolute Gasteiger partial charge is 0.257 e. The highest BCUT2D eigenvalue weighted by molar-refractivity contribution is 8.00. The molecule has 0 aliphatic heterocycles. The van der Waals surface area contributed by atoms with Crippen LogP contribution in [0.5, 0.6) is 5.75 Å². The standard InChI is InChI=1S/C22H23N3O3S2/c1-3-23-20(26)12-28-19-10-8-18(9-11-19)25-21(27)17-6-4-16(5-7-17)14-30-22-24-15(2)13-29-22/h4-11,13H,3,12,14H2,1-2H3,(H,23,26)(H,25,27). The number of ether oxygens (including phenoxy) is 1. The molecule has 30 heavy (non-hydrogen) atoms. The molecule has 8 heteroatoms. The molecule has 2 N–H and O–H groups in total. The molecule has 0 aliphatic carbocycles. The second-order valence-electron chi connectivity index (χ2n) is 6.46. The molecule has 0 bridgehead atoms. The van der Waals surface area contributed by atoms with Crippen LogP contribution < -0.4 is 15.4 Å². The van der Waals surface area contributed by atoms with Crippen molar-refractivity contribution in [1.82, 2.24) is 10.3 Å². The van der Waals surface area contributed by atoms with Crippen LogP contribution in [0.4, 0.5) is 5.69 Å². The van der Waals surface area contributed by atoms with Gasteiger partial charge in [0.25, 0.3) is 11.8 Å². The molecule has 156 valence electrons. The maximum atomic E-state index is 12.5. The van der Waals surface area contributed by atoms with Gasteiger partial charge in [-0.3, -0.25) is 9.59 Å². The molecule has 1 heterocycles. The van der Waals surface area contributed by atoms with Gasteiger partial charge in [0.1, 0.15) is 10.1 Å². The van der Waals surface area contributed by atoms with Crippen LogP contribution in [0.25, 0.3) is 0 Å². The molecular formula is C22H23N3O3S2. The lowest BCUT2D eigenvalue weighted by Crippen LogP contribution is -2.28. The fraction of sp³-hybridized carbons (Fsp3) is 0.227. The predicted molar refractivity (Wildman–Crippen MR) is 121 cm³/mol. The number of thiazole rings is 1. The van der Waals surface area contributed by atoms with E-state index in [0.717, 1.165) is 21.3 Å². The maximum Gasteiger partial charge on any atom is 0.257 e. The summed E-state index contributed by atoms with van der Waals surface area (Å²) >= 11 is 3.34. The minimum atomic E-state index is -0.180. The van der Waals surface area contributed by atoms with Crippen LogP contribution in [-0.2, 0) is 10.5 Å². The van der Waals surface area contributed by atoms with Gasteiger partial charge < -0.3 is 15.4 Å². The van der Waals surface area contributed by atoms with E-state index < -0.39 is 0 Å². The molecule has 0 saturated carbocycles. The number of aromatic nitrogens is 1. The van der Waals surface area contributed by atoms with Gasteiger partial charge in [-0.05, 0) is 55.8 Å². The van der Waals surface area contributed by atoms with E-state index in [-0.39, 0.29) is 18.4 Å². The van der Waals surface area contributed by atoms with Gasteiger partial charge in [0.15, 0.2) is 6.61 Å². The number of nitrogens with one attached hydrogen (secondary N) is 2. The second-order valence-corrected chi connectivity index (χ2v) is 8.54. The number of nitrogens with zero attached hydrogens (tertiary/aromatic N) is 1. The minimum absolute atomic E-state index is 0.0354. The molecule has 2 amide bonds. The summed E-state index contributed by atoms with van der Waals surface area (Å²) in [4.78, 5) is 28.3. The summed E-state index contributed by atoms with van der Waals surface area (Å²) in [5.41, 5.74) is 3.42. The van der Waals surface area contributed by atoms with E-state index in [9.17, 15) is 9.59 Å². The first kappa shape index (κ1) is 21.9. The largest absolute Gasteiger partial charge is 0.484 e. The number of hydrogen-bond acceptors (Lipinski definition) is 6. The maximum absolute atomic E-state index is 12.5. The fourth-order valence-electron chi connectivity index (χ4n) is 2.53. The molecular weight excluding hydrogens is 418 g/mol. The van der Waals surface area contributed by atoms with Crippen molar-refractivity contribution >= 4 is 40.6 Å². The number of benzene rings is 2. The Bertz CT molecular complexity index is 986. The molecule has 0 spiro atoms. The quantitative estimate of drug-likeness (QED) is 0.478. The Kier molecular flexibility index (Phi) is 7.87. The van der Waals surface area contributed by atoms with E-state index in [2.05, 4.69) is 15.6 Å². The second kappa shape index (κ2) is 10.8. The molecule has 2 aromatic carbocycles. The van der Waals surface area contributed by atoms with E-state index >= 15 is 0 Å². The summed E-state index contributed by atoms with van der Waals surface area (Å²) in [6, 6.07) is 14.5. The zero-order chi connectivity index (χ0) is 21.3.